The van der Waals surface area contributed by atoms with Gasteiger partial charge >= 0.3 is 0 Å². The van der Waals surface area contributed by atoms with E-state index in [2.05, 4.69) is 30.7 Å². The fourth-order valence-electron chi connectivity index (χ4n) is 2.97. The van der Waals surface area contributed by atoms with Crippen LogP contribution in [0.5, 0.6) is 0 Å². The van der Waals surface area contributed by atoms with Gasteiger partial charge in [0.25, 0.3) is 0 Å². The molecule has 0 saturated carbocycles. The number of hydrogen-bond donors (Lipinski definition) is 0. The minimum absolute atomic E-state index is 0.154. The van der Waals surface area contributed by atoms with Gasteiger partial charge in [0.1, 0.15) is 11.6 Å². The molecule has 1 aliphatic heterocycles. The number of piperidine rings is 1. The van der Waals surface area contributed by atoms with Crippen molar-refractivity contribution in [1.29, 1.82) is 0 Å². The van der Waals surface area contributed by atoms with E-state index in [-0.39, 0.29) is 11.5 Å². The van der Waals surface area contributed by atoms with E-state index in [9.17, 15) is 8.42 Å². The summed E-state index contributed by atoms with van der Waals surface area (Å²) in [6, 6.07) is 2.22. The van der Waals surface area contributed by atoms with E-state index in [1.54, 1.807) is 11.4 Å². The van der Waals surface area contributed by atoms with Gasteiger partial charge in [-0.2, -0.15) is 0 Å². The molecule has 0 spiro atoms. The van der Waals surface area contributed by atoms with E-state index in [0.29, 0.717) is 19.7 Å². The van der Waals surface area contributed by atoms with Crippen LogP contribution in [0.4, 0.5) is 5.82 Å². The molecular weight excluding hydrogens is 340 g/mol. The van der Waals surface area contributed by atoms with E-state index in [1.165, 1.54) is 6.26 Å². The number of hydrogen-bond acceptors (Lipinski definition) is 6. The van der Waals surface area contributed by atoms with Crippen LogP contribution in [0.1, 0.15) is 45.1 Å². The van der Waals surface area contributed by atoms with Crippen LogP contribution in [0.15, 0.2) is 6.07 Å². The SMILES string of the molecule is COCc1cc(N(C)C2CCN(S(C)(=O)=O)CC2)nc(C(C)(C)C)n1. The molecule has 1 saturated heterocycles. The maximum atomic E-state index is 11.7. The van der Waals surface area contributed by atoms with Crippen LogP contribution in [0, 0.1) is 0 Å². The lowest BCUT2D eigenvalue weighted by molar-refractivity contribution is 0.181. The Kier molecular flexibility index (Phi) is 6.06. The van der Waals surface area contributed by atoms with Gasteiger partial charge in [0, 0.05) is 44.8 Å². The second-order valence-electron chi connectivity index (χ2n) is 7.73. The third-order valence-electron chi connectivity index (χ3n) is 4.53. The summed E-state index contributed by atoms with van der Waals surface area (Å²) in [4.78, 5) is 11.5. The van der Waals surface area contributed by atoms with Crippen molar-refractivity contribution in [2.24, 2.45) is 0 Å². The quantitative estimate of drug-likeness (QED) is 0.786. The fraction of sp³-hybridized carbons (Fsp3) is 0.765. The fourth-order valence-corrected chi connectivity index (χ4v) is 3.84. The molecule has 0 radical (unpaired) electrons. The van der Waals surface area contributed by atoms with Crippen molar-refractivity contribution in [3.8, 4) is 0 Å². The van der Waals surface area contributed by atoms with Crippen molar-refractivity contribution in [2.75, 3.05) is 38.4 Å². The Morgan fingerprint density at radius 2 is 1.88 bits per heavy atom. The highest BCUT2D eigenvalue weighted by molar-refractivity contribution is 7.88. The number of methoxy groups -OCH3 is 1. The standard InChI is InChI=1S/C17H30N4O3S/c1-17(2,3)16-18-13(12-24-5)11-15(19-16)20(4)14-7-9-21(10-8-14)25(6,22)23/h11,14H,7-10,12H2,1-6H3. The predicted molar refractivity (Wildman–Crippen MR) is 99.3 cm³/mol. The van der Waals surface area contributed by atoms with Crippen LogP contribution in [0.25, 0.3) is 0 Å². The number of aromatic nitrogens is 2. The van der Waals surface area contributed by atoms with E-state index < -0.39 is 10.0 Å². The first-order chi connectivity index (χ1) is 11.5. The molecule has 0 atom stereocenters. The summed E-state index contributed by atoms with van der Waals surface area (Å²) in [6.45, 7) is 7.82. The second kappa shape index (κ2) is 7.55. The monoisotopic (exact) mass is 370 g/mol. The van der Waals surface area contributed by atoms with E-state index in [1.807, 2.05) is 13.1 Å². The van der Waals surface area contributed by atoms with E-state index in [0.717, 1.165) is 30.2 Å². The zero-order valence-corrected chi connectivity index (χ0v) is 16.9. The number of rotatable bonds is 5. The predicted octanol–water partition coefficient (Wildman–Crippen LogP) is 1.78. The van der Waals surface area contributed by atoms with Gasteiger partial charge in [-0.1, -0.05) is 20.8 Å². The normalized spacial score (nSPS) is 17.7. The average molecular weight is 371 g/mol. The molecule has 0 aromatic carbocycles. The van der Waals surface area contributed by atoms with Crippen molar-refractivity contribution in [3.63, 3.8) is 0 Å². The van der Waals surface area contributed by atoms with Gasteiger partial charge < -0.3 is 9.64 Å². The Balaban J connectivity index is 2.21. The number of anilines is 1. The summed E-state index contributed by atoms with van der Waals surface area (Å²) in [5, 5.41) is 0. The van der Waals surface area contributed by atoms with Crippen LogP contribution in [0.3, 0.4) is 0 Å². The zero-order valence-electron chi connectivity index (χ0n) is 16.1. The van der Waals surface area contributed by atoms with Crippen LogP contribution in [-0.4, -0.2) is 62.2 Å². The van der Waals surface area contributed by atoms with E-state index in [4.69, 9.17) is 9.72 Å². The second-order valence-corrected chi connectivity index (χ2v) is 9.71. The summed E-state index contributed by atoms with van der Waals surface area (Å²) in [5.41, 5.74) is 0.705. The first-order valence-electron chi connectivity index (χ1n) is 8.57. The Morgan fingerprint density at radius 1 is 1.28 bits per heavy atom. The lowest BCUT2D eigenvalue weighted by atomic mass is 9.95. The number of nitrogens with zero attached hydrogens (tertiary/aromatic N) is 4. The molecule has 1 aliphatic rings. The maximum absolute atomic E-state index is 11.7. The van der Waals surface area contributed by atoms with Gasteiger partial charge in [-0.25, -0.2) is 22.7 Å². The Labute approximate surface area is 151 Å². The van der Waals surface area contributed by atoms with Crippen molar-refractivity contribution in [3.05, 3.63) is 17.6 Å². The summed E-state index contributed by atoms with van der Waals surface area (Å²) >= 11 is 0. The Hall–Kier alpha value is -1.25. The lowest BCUT2D eigenvalue weighted by Gasteiger charge is -2.36. The molecule has 0 amide bonds. The van der Waals surface area contributed by atoms with Gasteiger partial charge in [0.2, 0.25) is 10.0 Å². The smallest absolute Gasteiger partial charge is 0.211 e. The van der Waals surface area contributed by atoms with Gasteiger partial charge in [-0.05, 0) is 12.8 Å². The lowest BCUT2D eigenvalue weighted by Crippen LogP contribution is -2.45. The molecule has 0 N–H and O–H groups in total. The van der Waals surface area contributed by atoms with Crippen molar-refractivity contribution in [1.82, 2.24) is 14.3 Å². The minimum Gasteiger partial charge on any atom is -0.378 e. The summed E-state index contributed by atoms with van der Waals surface area (Å²) in [5.74, 6) is 1.65. The number of ether oxygens (including phenoxy) is 1. The van der Waals surface area contributed by atoms with Crippen LogP contribution in [-0.2, 0) is 26.8 Å². The van der Waals surface area contributed by atoms with Gasteiger partial charge in [-0.15, -0.1) is 0 Å². The highest BCUT2D eigenvalue weighted by Gasteiger charge is 2.28. The molecule has 0 aliphatic carbocycles. The summed E-state index contributed by atoms with van der Waals surface area (Å²) in [6.07, 6.45) is 2.85. The maximum Gasteiger partial charge on any atom is 0.211 e. The Bertz CT molecular complexity index is 692. The third kappa shape index (κ3) is 5.12. The van der Waals surface area contributed by atoms with Gasteiger partial charge in [-0.3, -0.25) is 0 Å². The molecule has 2 heterocycles. The van der Waals surface area contributed by atoms with Crippen molar-refractivity contribution < 1.29 is 13.2 Å². The van der Waals surface area contributed by atoms with Crippen molar-refractivity contribution in [2.45, 2.75) is 51.7 Å². The average Bonchev–Trinajstić information content (AvgIpc) is 2.52. The molecule has 1 fully saturated rings. The molecule has 1 aromatic rings. The van der Waals surface area contributed by atoms with Gasteiger partial charge in [0.15, 0.2) is 0 Å². The molecule has 0 unspecified atom stereocenters. The zero-order chi connectivity index (χ0) is 18.8. The van der Waals surface area contributed by atoms with Crippen LogP contribution >= 0.6 is 0 Å². The summed E-state index contributed by atoms with van der Waals surface area (Å²) < 4.78 is 30.2. The molecule has 2 rings (SSSR count). The van der Waals surface area contributed by atoms with E-state index >= 15 is 0 Å². The molecule has 142 valence electrons. The van der Waals surface area contributed by atoms with Crippen molar-refractivity contribution >= 4 is 15.8 Å². The third-order valence-corrected chi connectivity index (χ3v) is 5.83. The Morgan fingerprint density at radius 3 is 2.36 bits per heavy atom. The van der Waals surface area contributed by atoms with Gasteiger partial charge in [0.05, 0.1) is 18.6 Å². The molecule has 1 aromatic heterocycles. The molecule has 0 bridgehead atoms. The topological polar surface area (TPSA) is 75.6 Å². The van der Waals surface area contributed by atoms with Crippen LogP contribution in [0.2, 0.25) is 0 Å². The summed E-state index contributed by atoms with van der Waals surface area (Å²) in [7, 11) is 0.569. The van der Waals surface area contributed by atoms with Crippen LogP contribution < -0.4 is 4.90 Å². The number of sulfonamides is 1. The largest absolute Gasteiger partial charge is 0.378 e. The highest BCUT2D eigenvalue weighted by Crippen LogP contribution is 2.26. The molecule has 7 nitrogen and oxygen atoms in total. The molecule has 25 heavy (non-hydrogen) atoms. The minimum atomic E-state index is -3.11. The highest BCUT2D eigenvalue weighted by atomic mass is 32.2. The first kappa shape index (κ1) is 20.1. The molecular formula is C17H30N4O3S. The first-order valence-corrected chi connectivity index (χ1v) is 10.4. The molecule has 8 heteroatoms.